The molecule has 2 rings (SSSR count). The molecule has 2 heterocycles. The summed E-state index contributed by atoms with van der Waals surface area (Å²) in [5.41, 5.74) is 1.58. The lowest BCUT2D eigenvalue weighted by molar-refractivity contribution is 0.868. The summed E-state index contributed by atoms with van der Waals surface area (Å²) in [6.07, 6.45) is 3.63. The second-order valence-corrected chi connectivity index (χ2v) is 3.42. The van der Waals surface area contributed by atoms with Gasteiger partial charge in [-0.2, -0.15) is 0 Å². The van der Waals surface area contributed by atoms with Gasteiger partial charge in [0, 0.05) is 18.0 Å². The minimum absolute atomic E-state index is 0.0990. The van der Waals surface area contributed by atoms with Crippen LogP contribution in [0.4, 0.5) is 0 Å². The molecule has 2 aromatic heterocycles. The molecular weight excluding hydrogens is 190 g/mol. The fourth-order valence-corrected chi connectivity index (χ4v) is 1.50. The van der Waals surface area contributed by atoms with Gasteiger partial charge in [0.1, 0.15) is 0 Å². The van der Waals surface area contributed by atoms with Gasteiger partial charge in [-0.15, -0.1) is 0 Å². The Morgan fingerprint density at radius 1 is 1.47 bits per heavy atom. The van der Waals surface area contributed by atoms with Crippen LogP contribution in [0, 0.1) is 0 Å². The van der Waals surface area contributed by atoms with Crippen molar-refractivity contribution in [2.75, 3.05) is 0 Å². The van der Waals surface area contributed by atoms with Crippen molar-refractivity contribution in [1.82, 2.24) is 15.0 Å². The van der Waals surface area contributed by atoms with Crippen molar-refractivity contribution >= 4 is 0 Å². The maximum Gasteiger partial charge on any atom is 0.251 e. The van der Waals surface area contributed by atoms with Crippen molar-refractivity contribution < 1.29 is 0 Å². The van der Waals surface area contributed by atoms with E-state index in [-0.39, 0.29) is 5.56 Å². The zero-order chi connectivity index (χ0) is 10.7. The van der Waals surface area contributed by atoms with Gasteiger partial charge in [0.25, 0.3) is 5.56 Å². The molecule has 2 N–H and O–H groups in total. The van der Waals surface area contributed by atoms with Crippen LogP contribution in [-0.4, -0.2) is 15.0 Å². The first-order valence-corrected chi connectivity index (χ1v) is 5.03. The Balaban J connectivity index is 2.44. The van der Waals surface area contributed by atoms with Gasteiger partial charge in [0.05, 0.1) is 5.69 Å². The summed E-state index contributed by atoms with van der Waals surface area (Å²) in [6, 6.07) is 5.31. The Morgan fingerprint density at radius 2 is 2.33 bits per heavy atom. The minimum atomic E-state index is -0.0990. The molecule has 0 aliphatic heterocycles. The van der Waals surface area contributed by atoms with Gasteiger partial charge in [-0.05, 0) is 18.6 Å². The zero-order valence-corrected chi connectivity index (χ0v) is 8.58. The van der Waals surface area contributed by atoms with Gasteiger partial charge >= 0.3 is 0 Å². The summed E-state index contributed by atoms with van der Waals surface area (Å²) in [6.45, 7) is 2.07. The molecule has 78 valence electrons. The Labute approximate surface area is 87.4 Å². The number of nitrogens with zero attached hydrogens (tertiary/aromatic N) is 1. The molecule has 0 atom stereocenters. The lowest BCUT2D eigenvalue weighted by Gasteiger charge is -2.01. The Bertz CT molecular complexity index is 485. The van der Waals surface area contributed by atoms with E-state index in [0.717, 1.165) is 24.2 Å². The van der Waals surface area contributed by atoms with E-state index in [1.165, 1.54) is 0 Å². The predicted molar refractivity (Wildman–Crippen MR) is 58.6 cm³/mol. The van der Waals surface area contributed by atoms with Crippen LogP contribution in [0.2, 0.25) is 0 Å². The average Bonchev–Trinajstić information content (AvgIpc) is 2.70. The number of hydrogen-bond donors (Lipinski definition) is 2. The molecular formula is C11H13N3O. The monoisotopic (exact) mass is 203 g/mol. The van der Waals surface area contributed by atoms with Crippen LogP contribution in [-0.2, 0) is 6.42 Å². The van der Waals surface area contributed by atoms with Gasteiger partial charge in [-0.3, -0.25) is 4.79 Å². The van der Waals surface area contributed by atoms with E-state index in [9.17, 15) is 4.79 Å². The van der Waals surface area contributed by atoms with Crippen molar-refractivity contribution in [3.8, 4) is 11.5 Å². The smallest absolute Gasteiger partial charge is 0.251 e. The summed E-state index contributed by atoms with van der Waals surface area (Å²) in [4.78, 5) is 21.5. The molecule has 0 bridgehead atoms. The van der Waals surface area contributed by atoms with Crippen molar-refractivity contribution in [1.29, 1.82) is 0 Å². The lowest BCUT2D eigenvalue weighted by Crippen LogP contribution is -2.10. The third-order valence-corrected chi connectivity index (χ3v) is 2.15. The van der Waals surface area contributed by atoms with Crippen LogP contribution in [0.3, 0.4) is 0 Å². The standard InChI is InChI=1S/C11H13N3O/c1-2-4-8-7-10(15)14-11(13-8)9-5-3-6-12-9/h3,5-7,12H,2,4H2,1H3,(H,13,14,15). The first kappa shape index (κ1) is 9.71. The summed E-state index contributed by atoms with van der Waals surface area (Å²) >= 11 is 0. The average molecular weight is 203 g/mol. The number of aryl methyl sites for hydroxylation is 1. The van der Waals surface area contributed by atoms with Crippen molar-refractivity contribution in [3.05, 3.63) is 40.4 Å². The molecule has 0 fully saturated rings. The van der Waals surface area contributed by atoms with Crippen molar-refractivity contribution in [2.45, 2.75) is 19.8 Å². The summed E-state index contributed by atoms with van der Waals surface area (Å²) in [5, 5.41) is 0. The molecule has 0 unspecified atom stereocenters. The summed E-state index contributed by atoms with van der Waals surface area (Å²) in [7, 11) is 0. The highest BCUT2D eigenvalue weighted by atomic mass is 16.1. The molecule has 0 saturated carbocycles. The molecule has 0 spiro atoms. The van der Waals surface area contributed by atoms with Crippen LogP contribution in [0.1, 0.15) is 19.0 Å². The lowest BCUT2D eigenvalue weighted by atomic mass is 10.2. The Hall–Kier alpha value is -1.84. The Morgan fingerprint density at radius 3 is 3.00 bits per heavy atom. The minimum Gasteiger partial charge on any atom is -0.359 e. The first-order chi connectivity index (χ1) is 7.29. The van der Waals surface area contributed by atoms with E-state index in [1.54, 1.807) is 6.07 Å². The number of aromatic nitrogens is 3. The molecule has 2 aromatic rings. The van der Waals surface area contributed by atoms with E-state index >= 15 is 0 Å². The third kappa shape index (κ3) is 2.15. The second-order valence-electron chi connectivity index (χ2n) is 3.42. The second kappa shape index (κ2) is 4.13. The van der Waals surface area contributed by atoms with Gasteiger partial charge in [-0.1, -0.05) is 13.3 Å². The van der Waals surface area contributed by atoms with Crippen LogP contribution in [0.15, 0.2) is 29.2 Å². The number of hydrogen-bond acceptors (Lipinski definition) is 2. The molecule has 0 amide bonds. The third-order valence-electron chi connectivity index (χ3n) is 2.15. The van der Waals surface area contributed by atoms with E-state index in [1.807, 2.05) is 18.3 Å². The normalized spacial score (nSPS) is 10.5. The quantitative estimate of drug-likeness (QED) is 0.797. The van der Waals surface area contributed by atoms with Crippen LogP contribution >= 0.6 is 0 Å². The number of nitrogens with one attached hydrogen (secondary N) is 2. The SMILES string of the molecule is CCCc1cc(=O)[nH]c(-c2ccc[nH]2)n1. The first-order valence-electron chi connectivity index (χ1n) is 5.03. The fourth-order valence-electron chi connectivity index (χ4n) is 1.50. The predicted octanol–water partition coefficient (Wildman–Crippen LogP) is 1.72. The van der Waals surface area contributed by atoms with Crippen molar-refractivity contribution in [2.24, 2.45) is 0 Å². The largest absolute Gasteiger partial charge is 0.359 e. The van der Waals surface area contributed by atoms with Gasteiger partial charge in [-0.25, -0.2) is 4.98 Å². The van der Waals surface area contributed by atoms with Gasteiger partial charge in [0.15, 0.2) is 5.82 Å². The fraction of sp³-hybridized carbons (Fsp3) is 0.273. The van der Waals surface area contributed by atoms with Crippen molar-refractivity contribution in [3.63, 3.8) is 0 Å². The molecule has 0 saturated heterocycles. The number of aromatic amines is 2. The van der Waals surface area contributed by atoms with E-state index in [0.29, 0.717) is 5.82 Å². The molecule has 0 radical (unpaired) electrons. The molecule has 0 aliphatic rings. The Kier molecular flexibility index (Phi) is 2.67. The molecule has 0 aromatic carbocycles. The molecule has 4 heteroatoms. The van der Waals surface area contributed by atoms with Gasteiger partial charge in [0.2, 0.25) is 0 Å². The highest BCUT2D eigenvalue weighted by Crippen LogP contribution is 2.10. The molecule has 15 heavy (non-hydrogen) atoms. The maximum atomic E-state index is 11.4. The number of H-pyrrole nitrogens is 2. The number of rotatable bonds is 3. The van der Waals surface area contributed by atoms with Gasteiger partial charge < -0.3 is 9.97 Å². The highest BCUT2D eigenvalue weighted by Gasteiger charge is 2.03. The maximum absolute atomic E-state index is 11.4. The van der Waals surface area contributed by atoms with Crippen LogP contribution in [0.25, 0.3) is 11.5 Å². The van der Waals surface area contributed by atoms with E-state index in [2.05, 4.69) is 21.9 Å². The van der Waals surface area contributed by atoms with E-state index < -0.39 is 0 Å². The molecule has 4 nitrogen and oxygen atoms in total. The summed E-state index contributed by atoms with van der Waals surface area (Å²) < 4.78 is 0. The molecule has 0 aliphatic carbocycles. The van der Waals surface area contributed by atoms with Crippen LogP contribution in [0.5, 0.6) is 0 Å². The highest BCUT2D eigenvalue weighted by molar-refractivity contribution is 5.48. The van der Waals surface area contributed by atoms with Crippen LogP contribution < -0.4 is 5.56 Å². The zero-order valence-electron chi connectivity index (χ0n) is 8.58. The topological polar surface area (TPSA) is 61.5 Å². The summed E-state index contributed by atoms with van der Waals surface area (Å²) in [5.74, 6) is 0.607. The van der Waals surface area contributed by atoms with E-state index in [4.69, 9.17) is 0 Å².